The Bertz CT molecular complexity index is 492. The first-order valence-electron chi connectivity index (χ1n) is 6.11. The number of carbonyl (C=O) groups is 2. The summed E-state index contributed by atoms with van der Waals surface area (Å²) in [4.78, 5) is 22.5. The summed E-state index contributed by atoms with van der Waals surface area (Å²) in [7, 11) is 1.34. The molecule has 1 aliphatic heterocycles. The molecule has 19 heavy (non-hydrogen) atoms. The lowest BCUT2D eigenvalue weighted by atomic mass is 10.1. The van der Waals surface area contributed by atoms with E-state index in [2.05, 4.69) is 15.4 Å². The molecule has 1 fully saturated rings. The molecule has 0 saturated carbocycles. The topological polar surface area (TPSA) is 93.4 Å². The second-order valence-electron chi connectivity index (χ2n) is 4.48. The van der Waals surface area contributed by atoms with Crippen molar-refractivity contribution in [3.63, 3.8) is 0 Å². The highest BCUT2D eigenvalue weighted by atomic mass is 16.5. The van der Waals surface area contributed by atoms with Crippen LogP contribution < -0.4 is 16.4 Å². The molecule has 1 unspecified atom stereocenters. The summed E-state index contributed by atoms with van der Waals surface area (Å²) in [5.41, 5.74) is 7.56. The Labute approximate surface area is 111 Å². The number of nitrogen functional groups attached to an aromatic ring is 1. The Kier molecular flexibility index (Phi) is 3.89. The van der Waals surface area contributed by atoms with Crippen molar-refractivity contribution in [3.8, 4) is 0 Å². The Balaban J connectivity index is 2.10. The SMILES string of the molecule is COC(=O)c1ccc(N)c(NC2CCC(=O)NC2)c1. The average molecular weight is 263 g/mol. The first-order chi connectivity index (χ1) is 9.10. The van der Waals surface area contributed by atoms with Gasteiger partial charge in [-0.15, -0.1) is 0 Å². The maximum Gasteiger partial charge on any atom is 0.337 e. The van der Waals surface area contributed by atoms with Gasteiger partial charge in [0.15, 0.2) is 0 Å². The summed E-state index contributed by atoms with van der Waals surface area (Å²) in [5, 5.41) is 6.03. The van der Waals surface area contributed by atoms with E-state index in [0.717, 1.165) is 6.42 Å². The standard InChI is InChI=1S/C13H17N3O3/c1-19-13(18)8-2-4-10(14)11(6-8)16-9-3-5-12(17)15-7-9/h2,4,6,9,16H,3,5,7,14H2,1H3,(H,15,17). The molecule has 0 radical (unpaired) electrons. The van der Waals surface area contributed by atoms with Gasteiger partial charge in [-0.2, -0.15) is 0 Å². The molecule has 6 nitrogen and oxygen atoms in total. The van der Waals surface area contributed by atoms with Gasteiger partial charge < -0.3 is 21.1 Å². The Morgan fingerprint density at radius 3 is 2.95 bits per heavy atom. The third-order valence-corrected chi connectivity index (χ3v) is 3.10. The second-order valence-corrected chi connectivity index (χ2v) is 4.48. The number of anilines is 2. The summed E-state index contributed by atoms with van der Waals surface area (Å²) >= 11 is 0. The fourth-order valence-corrected chi connectivity index (χ4v) is 2.00. The summed E-state index contributed by atoms with van der Waals surface area (Å²) in [5.74, 6) is -0.339. The fraction of sp³-hybridized carbons (Fsp3) is 0.385. The maximum atomic E-state index is 11.5. The van der Waals surface area contributed by atoms with E-state index in [4.69, 9.17) is 5.73 Å². The van der Waals surface area contributed by atoms with Crippen molar-refractivity contribution < 1.29 is 14.3 Å². The zero-order valence-corrected chi connectivity index (χ0v) is 10.7. The van der Waals surface area contributed by atoms with E-state index in [0.29, 0.717) is 29.9 Å². The molecule has 2 rings (SSSR count). The van der Waals surface area contributed by atoms with E-state index < -0.39 is 5.97 Å². The molecule has 0 aliphatic carbocycles. The van der Waals surface area contributed by atoms with E-state index in [9.17, 15) is 9.59 Å². The van der Waals surface area contributed by atoms with Crippen LogP contribution in [0.5, 0.6) is 0 Å². The van der Waals surface area contributed by atoms with Gasteiger partial charge in [0.05, 0.1) is 24.0 Å². The molecule has 1 aromatic carbocycles. The molecule has 1 amide bonds. The van der Waals surface area contributed by atoms with Gasteiger partial charge in [-0.25, -0.2) is 4.79 Å². The fourth-order valence-electron chi connectivity index (χ4n) is 2.00. The number of nitrogens with one attached hydrogen (secondary N) is 2. The average Bonchev–Trinajstić information content (AvgIpc) is 2.43. The van der Waals surface area contributed by atoms with Crippen molar-refractivity contribution in [1.82, 2.24) is 5.32 Å². The Hall–Kier alpha value is -2.24. The molecule has 102 valence electrons. The zero-order chi connectivity index (χ0) is 13.8. The van der Waals surface area contributed by atoms with Crippen LogP contribution in [0.4, 0.5) is 11.4 Å². The van der Waals surface area contributed by atoms with E-state index in [1.54, 1.807) is 18.2 Å². The molecule has 6 heteroatoms. The molecular formula is C13H17N3O3. The molecule has 1 atom stereocenters. The number of amides is 1. The molecule has 1 aliphatic rings. The highest BCUT2D eigenvalue weighted by molar-refractivity contribution is 5.92. The molecule has 0 spiro atoms. The van der Waals surface area contributed by atoms with Crippen LogP contribution in [0.15, 0.2) is 18.2 Å². The van der Waals surface area contributed by atoms with Crippen LogP contribution in [-0.4, -0.2) is 31.6 Å². The van der Waals surface area contributed by atoms with Gasteiger partial charge in [-0.05, 0) is 24.6 Å². The smallest absolute Gasteiger partial charge is 0.337 e. The van der Waals surface area contributed by atoms with Crippen LogP contribution in [0, 0.1) is 0 Å². The number of carbonyl (C=O) groups excluding carboxylic acids is 2. The number of methoxy groups -OCH3 is 1. The third-order valence-electron chi connectivity index (χ3n) is 3.10. The van der Waals surface area contributed by atoms with E-state index in [1.165, 1.54) is 7.11 Å². The lowest BCUT2D eigenvalue weighted by Gasteiger charge is -2.25. The van der Waals surface area contributed by atoms with E-state index in [1.807, 2.05) is 0 Å². The number of hydrogen-bond acceptors (Lipinski definition) is 5. The first-order valence-corrected chi connectivity index (χ1v) is 6.11. The van der Waals surface area contributed by atoms with E-state index >= 15 is 0 Å². The van der Waals surface area contributed by atoms with Crippen molar-refractivity contribution >= 4 is 23.3 Å². The lowest BCUT2D eigenvalue weighted by Crippen LogP contribution is -2.42. The van der Waals surface area contributed by atoms with Gasteiger partial charge in [0, 0.05) is 19.0 Å². The van der Waals surface area contributed by atoms with Gasteiger partial charge in [0.2, 0.25) is 5.91 Å². The van der Waals surface area contributed by atoms with Gasteiger partial charge in [0.25, 0.3) is 0 Å². The van der Waals surface area contributed by atoms with Crippen LogP contribution in [0.25, 0.3) is 0 Å². The number of benzene rings is 1. The van der Waals surface area contributed by atoms with Crippen molar-refractivity contribution in [1.29, 1.82) is 0 Å². The predicted octanol–water partition coefficient (Wildman–Crippen LogP) is 0.746. The Morgan fingerprint density at radius 1 is 1.53 bits per heavy atom. The zero-order valence-electron chi connectivity index (χ0n) is 10.7. The lowest BCUT2D eigenvalue weighted by molar-refractivity contribution is -0.122. The second kappa shape index (κ2) is 5.60. The minimum absolute atomic E-state index is 0.0642. The molecular weight excluding hydrogens is 246 g/mol. The molecule has 1 saturated heterocycles. The van der Waals surface area contributed by atoms with Crippen molar-refractivity contribution in [3.05, 3.63) is 23.8 Å². The molecule has 4 N–H and O–H groups in total. The highest BCUT2D eigenvalue weighted by Gasteiger charge is 2.18. The van der Waals surface area contributed by atoms with E-state index in [-0.39, 0.29) is 11.9 Å². The van der Waals surface area contributed by atoms with Crippen LogP contribution >= 0.6 is 0 Å². The predicted molar refractivity (Wildman–Crippen MR) is 71.8 cm³/mol. The number of ether oxygens (including phenoxy) is 1. The molecule has 1 aromatic rings. The van der Waals surface area contributed by atoms with Gasteiger partial charge in [0.1, 0.15) is 0 Å². The highest BCUT2D eigenvalue weighted by Crippen LogP contribution is 2.22. The van der Waals surface area contributed by atoms with Crippen LogP contribution in [-0.2, 0) is 9.53 Å². The minimum Gasteiger partial charge on any atom is -0.465 e. The normalized spacial score (nSPS) is 18.6. The summed E-state index contributed by atoms with van der Waals surface area (Å²) in [6, 6.07) is 5.07. The molecule has 0 bridgehead atoms. The number of esters is 1. The van der Waals surface area contributed by atoms with Gasteiger partial charge >= 0.3 is 5.97 Å². The number of rotatable bonds is 3. The molecule has 0 aromatic heterocycles. The summed E-state index contributed by atoms with van der Waals surface area (Å²) < 4.78 is 4.67. The monoisotopic (exact) mass is 263 g/mol. The largest absolute Gasteiger partial charge is 0.465 e. The number of hydrogen-bond donors (Lipinski definition) is 3. The number of piperidine rings is 1. The molecule has 1 heterocycles. The summed E-state index contributed by atoms with van der Waals surface area (Å²) in [6.45, 7) is 0.556. The van der Waals surface area contributed by atoms with Gasteiger partial charge in [-0.3, -0.25) is 4.79 Å². The third kappa shape index (κ3) is 3.15. The van der Waals surface area contributed by atoms with Gasteiger partial charge in [-0.1, -0.05) is 0 Å². The van der Waals surface area contributed by atoms with Crippen LogP contribution in [0.1, 0.15) is 23.2 Å². The maximum absolute atomic E-state index is 11.5. The minimum atomic E-state index is -0.403. The quantitative estimate of drug-likeness (QED) is 0.552. The first kappa shape index (κ1) is 13.2. The Morgan fingerprint density at radius 2 is 2.32 bits per heavy atom. The number of nitrogens with two attached hydrogens (primary N) is 1. The van der Waals surface area contributed by atoms with Crippen molar-refractivity contribution in [2.75, 3.05) is 24.7 Å². The van der Waals surface area contributed by atoms with Crippen molar-refractivity contribution in [2.45, 2.75) is 18.9 Å². The van der Waals surface area contributed by atoms with Crippen molar-refractivity contribution in [2.24, 2.45) is 0 Å². The van der Waals surface area contributed by atoms with Crippen LogP contribution in [0.3, 0.4) is 0 Å². The summed E-state index contributed by atoms with van der Waals surface area (Å²) in [6.07, 6.45) is 1.24. The van der Waals surface area contributed by atoms with Crippen LogP contribution in [0.2, 0.25) is 0 Å².